The van der Waals surface area contributed by atoms with E-state index in [2.05, 4.69) is 10.6 Å². The van der Waals surface area contributed by atoms with Gasteiger partial charge in [0.05, 0.1) is 24.7 Å². The van der Waals surface area contributed by atoms with Crippen LogP contribution in [0, 0.1) is 0 Å². The summed E-state index contributed by atoms with van der Waals surface area (Å²) in [5.74, 6) is -1.38. The van der Waals surface area contributed by atoms with E-state index in [9.17, 15) is 14.7 Å². The van der Waals surface area contributed by atoms with Crippen LogP contribution in [0.2, 0.25) is 0 Å². The van der Waals surface area contributed by atoms with Gasteiger partial charge < -0.3 is 24.9 Å². The molecule has 2 atom stereocenters. The number of hydrogen-bond donors (Lipinski definition) is 3. The fraction of sp³-hybridized carbons (Fsp3) is 0.571. The zero-order valence-electron chi connectivity index (χ0n) is 11.7. The lowest BCUT2D eigenvalue weighted by molar-refractivity contribution is -0.139. The molecule has 0 saturated carbocycles. The summed E-state index contributed by atoms with van der Waals surface area (Å²) >= 11 is 0. The summed E-state index contributed by atoms with van der Waals surface area (Å²) in [4.78, 5) is 23.1. The summed E-state index contributed by atoms with van der Waals surface area (Å²) in [7, 11) is 0. The standard InChI is InChI=1S/C14H20N2O5/c17-12(10-4-7-20-9-10)3-5-15-13(18)14(19)16-8-11-2-1-6-21-11/h4,7,9,11-12,17H,1-3,5-6,8H2,(H,15,18)(H,16,19)/t11-,12-/m0/s1. The Hall–Kier alpha value is -1.86. The number of amides is 2. The van der Waals surface area contributed by atoms with E-state index in [0.29, 0.717) is 25.1 Å². The molecular weight excluding hydrogens is 276 g/mol. The largest absolute Gasteiger partial charge is 0.472 e. The number of furan rings is 1. The molecule has 2 heterocycles. The lowest BCUT2D eigenvalue weighted by atomic mass is 10.1. The predicted octanol–water partition coefficient (Wildman–Crippen LogP) is 0.114. The number of rotatable bonds is 6. The smallest absolute Gasteiger partial charge is 0.309 e. The Labute approximate surface area is 122 Å². The van der Waals surface area contributed by atoms with Gasteiger partial charge in [-0.25, -0.2) is 0 Å². The van der Waals surface area contributed by atoms with E-state index in [0.717, 1.165) is 12.8 Å². The molecule has 1 aliphatic heterocycles. The predicted molar refractivity (Wildman–Crippen MR) is 73.3 cm³/mol. The van der Waals surface area contributed by atoms with E-state index in [1.807, 2.05) is 0 Å². The number of hydrogen-bond acceptors (Lipinski definition) is 5. The topological polar surface area (TPSA) is 101 Å². The Morgan fingerprint density at radius 3 is 2.86 bits per heavy atom. The van der Waals surface area contributed by atoms with Crippen LogP contribution in [0.5, 0.6) is 0 Å². The molecule has 1 aromatic heterocycles. The van der Waals surface area contributed by atoms with E-state index in [1.165, 1.54) is 12.5 Å². The number of carbonyl (C=O) groups excluding carboxylic acids is 2. The van der Waals surface area contributed by atoms with Crippen molar-refractivity contribution in [3.8, 4) is 0 Å². The molecule has 116 valence electrons. The van der Waals surface area contributed by atoms with Crippen molar-refractivity contribution in [1.82, 2.24) is 10.6 Å². The minimum atomic E-state index is -0.723. The maximum absolute atomic E-state index is 11.6. The van der Waals surface area contributed by atoms with E-state index >= 15 is 0 Å². The number of ether oxygens (including phenoxy) is 1. The molecule has 1 aromatic rings. The molecule has 0 spiro atoms. The molecule has 0 aromatic carbocycles. The molecule has 1 saturated heterocycles. The number of carbonyl (C=O) groups is 2. The Kier molecular flexibility index (Phi) is 5.77. The van der Waals surface area contributed by atoms with E-state index in [-0.39, 0.29) is 12.6 Å². The first-order valence-corrected chi connectivity index (χ1v) is 7.04. The van der Waals surface area contributed by atoms with Gasteiger partial charge in [-0.2, -0.15) is 0 Å². The normalized spacial score (nSPS) is 19.2. The van der Waals surface area contributed by atoms with Gasteiger partial charge in [0, 0.05) is 25.3 Å². The highest BCUT2D eigenvalue weighted by atomic mass is 16.5. The minimum absolute atomic E-state index is 0.00432. The molecular formula is C14H20N2O5. The van der Waals surface area contributed by atoms with Crippen molar-refractivity contribution in [3.05, 3.63) is 24.2 Å². The summed E-state index contributed by atoms with van der Waals surface area (Å²) in [5, 5.41) is 14.8. The van der Waals surface area contributed by atoms with Gasteiger partial charge >= 0.3 is 11.8 Å². The van der Waals surface area contributed by atoms with Crippen molar-refractivity contribution in [2.75, 3.05) is 19.7 Å². The Balaban J connectivity index is 1.60. The summed E-state index contributed by atoms with van der Waals surface area (Å²) < 4.78 is 10.2. The van der Waals surface area contributed by atoms with Gasteiger partial charge in [0.2, 0.25) is 0 Å². The zero-order chi connectivity index (χ0) is 15.1. The highest BCUT2D eigenvalue weighted by Gasteiger charge is 2.19. The second kappa shape index (κ2) is 7.80. The highest BCUT2D eigenvalue weighted by molar-refractivity contribution is 6.35. The van der Waals surface area contributed by atoms with Gasteiger partial charge in [0.25, 0.3) is 0 Å². The molecule has 2 rings (SSSR count). The molecule has 7 heteroatoms. The molecule has 3 N–H and O–H groups in total. The molecule has 2 amide bonds. The maximum Gasteiger partial charge on any atom is 0.309 e. The van der Waals surface area contributed by atoms with Crippen molar-refractivity contribution < 1.29 is 23.8 Å². The molecule has 1 aliphatic rings. The van der Waals surface area contributed by atoms with Crippen LogP contribution in [-0.4, -0.2) is 42.7 Å². The molecule has 0 radical (unpaired) electrons. The third kappa shape index (κ3) is 4.87. The fourth-order valence-electron chi connectivity index (χ4n) is 2.13. The van der Waals surface area contributed by atoms with Crippen molar-refractivity contribution in [2.24, 2.45) is 0 Å². The summed E-state index contributed by atoms with van der Waals surface area (Å²) in [5.41, 5.74) is 0.645. The van der Waals surface area contributed by atoms with Gasteiger partial charge in [0.15, 0.2) is 0 Å². The number of aliphatic hydroxyl groups is 1. The summed E-state index contributed by atoms with van der Waals surface area (Å²) in [6, 6.07) is 1.65. The average Bonchev–Trinajstić information content (AvgIpc) is 3.17. The summed E-state index contributed by atoms with van der Waals surface area (Å²) in [6.07, 6.45) is 4.39. The quantitative estimate of drug-likeness (QED) is 0.647. The van der Waals surface area contributed by atoms with Crippen LogP contribution in [0.4, 0.5) is 0 Å². The SMILES string of the molecule is O=C(NCC[C@H](O)c1ccoc1)C(=O)NC[C@@H]1CCCO1. The third-order valence-corrected chi connectivity index (χ3v) is 3.35. The number of aliphatic hydroxyl groups excluding tert-OH is 1. The van der Waals surface area contributed by atoms with Crippen LogP contribution in [0.15, 0.2) is 23.0 Å². The lowest BCUT2D eigenvalue weighted by Gasteiger charge is -2.11. The van der Waals surface area contributed by atoms with Crippen LogP contribution in [0.25, 0.3) is 0 Å². The second-order valence-corrected chi connectivity index (χ2v) is 4.96. The molecule has 1 fully saturated rings. The van der Waals surface area contributed by atoms with Crippen LogP contribution in [0.3, 0.4) is 0 Å². The van der Waals surface area contributed by atoms with Gasteiger partial charge in [0.1, 0.15) is 0 Å². The van der Waals surface area contributed by atoms with Crippen molar-refractivity contribution in [2.45, 2.75) is 31.5 Å². The maximum atomic E-state index is 11.6. The van der Waals surface area contributed by atoms with Crippen LogP contribution >= 0.6 is 0 Å². The number of nitrogens with one attached hydrogen (secondary N) is 2. The lowest BCUT2D eigenvalue weighted by Crippen LogP contribution is -2.43. The van der Waals surface area contributed by atoms with Gasteiger partial charge in [-0.1, -0.05) is 0 Å². The molecule has 7 nitrogen and oxygen atoms in total. The van der Waals surface area contributed by atoms with Crippen molar-refractivity contribution >= 4 is 11.8 Å². The van der Waals surface area contributed by atoms with Crippen LogP contribution in [0.1, 0.15) is 30.9 Å². The van der Waals surface area contributed by atoms with Gasteiger partial charge in [-0.3, -0.25) is 9.59 Å². The molecule has 0 bridgehead atoms. The fourth-order valence-corrected chi connectivity index (χ4v) is 2.13. The van der Waals surface area contributed by atoms with Crippen LogP contribution < -0.4 is 10.6 Å². The van der Waals surface area contributed by atoms with Crippen LogP contribution in [-0.2, 0) is 14.3 Å². The average molecular weight is 296 g/mol. The zero-order valence-corrected chi connectivity index (χ0v) is 11.7. The summed E-state index contributed by atoms with van der Waals surface area (Å²) in [6.45, 7) is 1.26. The second-order valence-electron chi connectivity index (χ2n) is 4.96. The first-order valence-electron chi connectivity index (χ1n) is 7.04. The molecule has 0 unspecified atom stereocenters. The van der Waals surface area contributed by atoms with E-state index in [1.54, 1.807) is 6.07 Å². The Bertz CT molecular complexity index is 454. The molecule has 21 heavy (non-hydrogen) atoms. The van der Waals surface area contributed by atoms with E-state index in [4.69, 9.17) is 9.15 Å². The van der Waals surface area contributed by atoms with E-state index < -0.39 is 17.9 Å². The Morgan fingerprint density at radius 1 is 1.38 bits per heavy atom. The molecule has 0 aliphatic carbocycles. The van der Waals surface area contributed by atoms with Crippen molar-refractivity contribution in [3.63, 3.8) is 0 Å². The third-order valence-electron chi connectivity index (χ3n) is 3.35. The van der Waals surface area contributed by atoms with Gasteiger partial charge in [-0.15, -0.1) is 0 Å². The first-order chi connectivity index (χ1) is 10.2. The highest BCUT2D eigenvalue weighted by Crippen LogP contribution is 2.15. The van der Waals surface area contributed by atoms with Gasteiger partial charge in [-0.05, 0) is 25.3 Å². The Morgan fingerprint density at radius 2 is 2.19 bits per heavy atom. The first kappa shape index (κ1) is 15.5. The minimum Gasteiger partial charge on any atom is -0.472 e. The van der Waals surface area contributed by atoms with Crippen molar-refractivity contribution in [1.29, 1.82) is 0 Å². The monoisotopic (exact) mass is 296 g/mol.